The summed E-state index contributed by atoms with van der Waals surface area (Å²) in [5.41, 5.74) is 3.28. The van der Waals surface area contributed by atoms with Gasteiger partial charge in [-0.3, -0.25) is 4.79 Å². The molecule has 0 radical (unpaired) electrons. The summed E-state index contributed by atoms with van der Waals surface area (Å²) >= 11 is 0. The SMILES string of the molecule is CCc1cnc2c(cnn2CC)c1NC1CCN(C(=O)COC)CC1. The molecule has 1 fully saturated rings. The van der Waals surface area contributed by atoms with Crippen molar-refractivity contribution in [3.63, 3.8) is 0 Å². The number of piperidine rings is 1. The van der Waals surface area contributed by atoms with Crippen LogP contribution in [0.3, 0.4) is 0 Å². The molecule has 136 valence electrons. The van der Waals surface area contributed by atoms with Crippen LogP contribution in [-0.2, 0) is 22.5 Å². The average Bonchev–Trinajstić information content (AvgIpc) is 3.06. The number of carbonyl (C=O) groups is 1. The Morgan fingerprint density at radius 3 is 2.72 bits per heavy atom. The van der Waals surface area contributed by atoms with Crippen LogP contribution in [0.15, 0.2) is 12.4 Å². The number of nitrogens with one attached hydrogen (secondary N) is 1. The number of likely N-dealkylation sites (tertiary alicyclic amines) is 1. The van der Waals surface area contributed by atoms with Crippen molar-refractivity contribution in [2.45, 2.75) is 45.7 Å². The van der Waals surface area contributed by atoms with Crippen molar-refractivity contribution >= 4 is 22.6 Å². The van der Waals surface area contributed by atoms with E-state index in [1.165, 1.54) is 5.56 Å². The van der Waals surface area contributed by atoms with E-state index in [0.29, 0.717) is 6.04 Å². The topological polar surface area (TPSA) is 72.3 Å². The molecule has 3 heterocycles. The standard InChI is InChI=1S/C18H27N5O2/c1-4-13-10-19-18-15(11-20-23(18)5-2)17(13)21-14-6-8-22(9-7-14)16(24)12-25-3/h10-11,14H,4-9,12H2,1-3H3,(H,19,21). The Morgan fingerprint density at radius 1 is 1.32 bits per heavy atom. The van der Waals surface area contributed by atoms with Crippen LogP contribution in [0.2, 0.25) is 0 Å². The van der Waals surface area contributed by atoms with Crippen LogP contribution in [0.25, 0.3) is 11.0 Å². The van der Waals surface area contributed by atoms with E-state index >= 15 is 0 Å². The summed E-state index contributed by atoms with van der Waals surface area (Å²) in [6, 6.07) is 0.354. The number of ether oxygens (including phenoxy) is 1. The fourth-order valence-electron chi connectivity index (χ4n) is 3.43. The molecule has 0 atom stereocenters. The van der Waals surface area contributed by atoms with Gasteiger partial charge in [0.05, 0.1) is 17.3 Å². The monoisotopic (exact) mass is 345 g/mol. The number of fused-ring (bicyclic) bond motifs is 1. The van der Waals surface area contributed by atoms with Crippen LogP contribution in [0.1, 0.15) is 32.3 Å². The van der Waals surface area contributed by atoms with Crippen LogP contribution in [-0.4, -0.2) is 58.4 Å². The lowest BCUT2D eigenvalue weighted by molar-refractivity contribution is -0.136. The number of amides is 1. The minimum absolute atomic E-state index is 0.0747. The minimum Gasteiger partial charge on any atom is -0.381 e. The molecule has 1 aliphatic rings. The summed E-state index contributed by atoms with van der Waals surface area (Å²) in [6.07, 6.45) is 6.66. The number of carbonyl (C=O) groups excluding carboxylic acids is 1. The van der Waals surface area contributed by atoms with Crippen LogP contribution in [0.4, 0.5) is 5.69 Å². The van der Waals surface area contributed by atoms with Crippen molar-refractivity contribution in [2.75, 3.05) is 32.1 Å². The summed E-state index contributed by atoms with van der Waals surface area (Å²) < 4.78 is 6.87. The third kappa shape index (κ3) is 3.61. The number of anilines is 1. The molecule has 0 saturated carbocycles. The predicted octanol–water partition coefficient (Wildman–Crippen LogP) is 2.06. The average molecular weight is 345 g/mol. The molecule has 0 unspecified atom stereocenters. The molecule has 25 heavy (non-hydrogen) atoms. The summed E-state index contributed by atoms with van der Waals surface area (Å²) in [5.74, 6) is 0.0747. The number of hydrogen-bond donors (Lipinski definition) is 1. The highest BCUT2D eigenvalue weighted by Crippen LogP contribution is 2.28. The molecule has 7 heteroatoms. The highest BCUT2D eigenvalue weighted by Gasteiger charge is 2.24. The summed E-state index contributed by atoms with van der Waals surface area (Å²) in [5, 5.41) is 9.24. The van der Waals surface area contributed by atoms with Gasteiger partial charge in [-0.1, -0.05) is 6.92 Å². The van der Waals surface area contributed by atoms with Crippen LogP contribution < -0.4 is 5.32 Å². The molecular weight excluding hydrogens is 318 g/mol. The van der Waals surface area contributed by atoms with E-state index in [4.69, 9.17) is 4.74 Å². The molecule has 3 rings (SSSR count). The number of pyridine rings is 1. The Kier molecular flexibility index (Phi) is 5.53. The van der Waals surface area contributed by atoms with Crippen molar-refractivity contribution in [3.8, 4) is 0 Å². The molecule has 0 aromatic carbocycles. The van der Waals surface area contributed by atoms with Crippen molar-refractivity contribution < 1.29 is 9.53 Å². The maximum atomic E-state index is 11.9. The third-order valence-corrected chi connectivity index (χ3v) is 4.89. The van der Waals surface area contributed by atoms with Gasteiger partial charge in [0.1, 0.15) is 6.61 Å². The number of hydrogen-bond acceptors (Lipinski definition) is 5. The first-order chi connectivity index (χ1) is 12.2. The van der Waals surface area contributed by atoms with Gasteiger partial charge < -0.3 is 15.0 Å². The molecule has 2 aromatic heterocycles. The van der Waals surface area contributed by atoms with Crippen LogP contribution in [0.5, 0.6) is 0 Å². The van der Waals surface area contributed by atoms with Crippen LogP contribution in [0, 0.1) is 0 Å². The number of methoxy groups -OCH3 is 1. The first-order valence-corrected chi connectivity index (χ1v) is 9.04. The third-order valence-electron chi connectivity index (χ3n) is 4.89. The van der Waals surface area contributed by atoms with E-state index in [1.807, 2.05) is 22.0 Å². The van der Waals surface area contributed by atoms with E-state index in [9.17, 15) is 4.79 Å². The smallest absolute Gasteiger partial charge is 0.248 e. The lowest BCUT2D eigenvalue weighted by Gasteiger charge is -2.33. The Hall–Kier alpha value is -2.15. The Labute approximate surface area is 148 Å². The highest BCUT2D eigenvalue weighted by atomic mass is 16.5. The number of aryl methyl sites for hydroxylation is 2. The van der Waals surface area contributed by atoms with Gasteiger partial charge in [0.15, 0.2) is 5.65 Å². The number of aromatic nitrogens is 3. The Morgan fingerprint density at radius 2 is 2.08 bits per heavy atom. The van der Waals surface area contributed by atoms with E-state index in [2.05, 4.69) is 29.2 Å². The molecule has 1 amide bonds. The predicted molar refractivity (Wildman–Crippen MR) is 97.7 cm³/mol. The van der Waals surface area contributed by atoms with Gasteiger partial charge in [-0.05, 0) is 31.7 Å². The summed E-state index contributed by atoms with van der Waals surface area (Å²) in [4.78, 5) is 18.4. The van der Waals surface area contributed by atoms with Gasteiger partial charge in [-0.25, -0.2) is 9.67 Å². The number of nitrogens with zero attached hydrogens (tertiary/aromatic N) is 4. The molecule has 1 aliphatic heterocycles. The second-order valence-electron chi connectivity index (χ2n) is 6.44. The molecule has 1 N–H and O–H groups in total. The molecule has 2 aromatic rings. The zero-order valence-corrected chi connectivity index (χ0v) is 15.3. The first-order valence-electron chi connectivity index (χ1n) is 9.04. The van der Waals surface area contributed by atoms with Crippen molar-refractivity contribution in [3.05, 3.63) is 18.0 Å². The maximum absolute atomic E-state index is 11.9. The second-order valence-corrected chi connectivity index (χ2v) is 6.44. The normalized spacial score (nSPS) is 15.7. The summed E-state index contributed by atoms with van der Waals surface area (Å²) in [6.45, 7) is 6.72. The van der Waals surface area contributed by atoms with Gasteiger partial charge in [0.2, 0.25) is 5.91 Å². The van der Waals surface area contributed by atoms with Crippen LogP contribution >= 0.6 is 0 Å². The molecule has 0 bridgehead atoms. The van der Waals surface area contributed by atoms with E-state index in [1.54, 1.807) is 7.11 Å². The van der Waals surface area contributed by atoms with E-state index in [-0.39, 0.29) is 12.5 Å². The molecule has 0 spiro atoms. The molecule has 7 nitrogen and oxygen atoms in total. The molecular formula is C18H27N5O2. The van der Waals surface area contributed by atoms with Gasteiger partial charge in [-0.15, -0.1) is 0 Å². The highest BCUT2D eigenvalue weighted by molar-refractivity contribution is 5.90. The lowest BCUT2D eigenvalue weighted by atomic mass is 10.0. The zero-order chi connectivity index (χ0) is 17.8. The number of rotatable bonds is 6. The van der Waals surface area contributed by atoms with Crippen molar-refractivity contribution in [1.29, 1.82) is 0 Å². The molecule has 0 aliphatic carbocycles. The van der Waals surface area contributed by atoms with E-state index < -0.39 is 0 Å². The van der Waals surface area contributed by atoms with Gasteiger partial charge in [0, 0.05) is 39.0 Å². The summed E-state index contributed by atoms with van der Waals surface area (Å²) in [7, 11) is 1.56. The maximum Gasteiger partial charge on any atom is 0.248 e. The Bertz CT molecular complexity index is 734. The zero-order valence-electron chi connectivity index (χ0n) is 15.3. The minimum atomic E-state index is 0.0747. The second kappa shape index (κ2) is 7.82. The van der Waals surface area contributed by atoms with Gasteiger partial charge in [-0.2, -0.15) is 5.10 Å². The largest absolute Gasteiger partial charge is 0.381 e. The van der Waals surface area contributed by atoms with Gasteiger partial charge >= 0.3 is 0 Å². The first kappa shape index (κ1) is 17.7. The fourth-order valence-corrected chi connectivity index (χ4v) is 3.43. The quantitative estimate of drug-likeness (QED) is 0.868. The fraction of sp³-hybridized carbons (Fsp3) is 0.611. The van der Waals surface area contributed by atoms with Crippen molar-refractivity contribution in [2.24, 2.45) is 0 Å². The van der Waals surface area contributed by atoms with E-state index in [0.717, 1.165) is 55.6 Å². The van der Waals surface area contributed by atoms with Crippen molar-refractivity contribution in [1.82, 2.24) is 19.7 Å². The van der Waals surface area contributed by atoms with Gasteiger partial charge in [0.25, 0.3) is 0 Å². The lowest BCUT2D eigenvalue weighted by Crippen LogP contribution is -2.43. The Balaban J connectivity index is 1.75. The molecule has 1 saturated heterocycles.